The van der Waals surface area contributed by atoms with Crippen LogP contribution in [-0.2, 0) is 4.79 Å². The summed E-state index contributed by atoms with van der Waals surface area (Å²) in [6.07, 6.45) is 1.46. The van der Waals surface area contributed by atoms with Crippen molar-refractivity contribution in [3.63, 3.8) is 0 Å². The van der Waals surface area contributed by atoms with Crippen LogP contribution in [0.25, 0.3) is 33.5 Å². The molecule has 43 heavy (non-hydrogen) atoms. The molecule has 4 aromatic carbocycles. The minimum atomic E-state index is -0.374. The van der Waals surface area contributed by atoms with E-state index in [1.54, 1.807) is 42.5 Å². The highest BCUT2D eigenvalue weighted by molar-refractivity contribution is 9.10. The van der Waals surface area contributed by atoms with Crippen LogP contribution < -0.4 is 20.3 Å². The molecule has 0 saturated carbocycles. The minimum Gasteiger partial charge on any atom is -0.493 e. The lowest BCUT2D eigenvalue weighted by molar-refractivity contribution is -0.118. The topological polar surface area (TPSA) is 108 Å². The predicted octanol–water partition coefficient (Wildman–Crippen LogP) is 7.13. The molecule has 0 bridgehead atoms. The highest BCUT2D eigenvalue weighted by Gasteiger charge is 2.18. The summed E-state index contributed by atoms with van der Waals surface area (Å²) in [5.41, 5.74) is 1.94. The third-order valence-corrected chi connectivity index (χ3v) is 7.21. The van der Waals surface area contributed by atoms with E-state index in [9.17, 15) is 9.59 Å². The molecule has 214 valence electrons. The van der Waals surface area contributed by atoms with Gasteiger partial charge in [-0.15, -0.1) is 0 Å². The van der Waals surface area contributed by atoms with Crippen LogP contribution in [0.1, 0.15) is 5.56 Å². The van der Waals surface area contributed by atoms with Gasteiger partial charge in [-0.25, -0.2) is 4.98 Å². The van der Waals surface area contributed by atoms with Crippen molar-refractivity contribution in [2.45, 2.75) is 0 Å². The van der Waals surface area contributed by atoms with Crippen molar-refractivity contribution in [2.75, 3.05) is 19.0 Å². The van der Waals surface area contributed by atoms with Gasteiger partial charge in [-0.05, 0) is 66.2 Å². The Hall–Kier alpha value is -4.93. The Labute approximate surface area is 258 Å². The maximum Gasteiger partial charge on any atom is 0.282 e. The second kappa shape index (κ2) is 12.1. The molecule has 0 spiro atoms. The van der Waals surface area contributed by atoms with Gasteiger partial charge in [0.2, 0.25) is 5.82 Å². The number of nitrogens with zero attached hydrogens (tertiary/aromatic N) is 3. The molecular weight excluding hydrogens is 636 g/mol. The molecular formula is C32H22BrClN4O5. The fourth-order valence-corrected chi connectivity index (χ4v) is 5.10. The van der Waals surface area contributed by atoms with Crippen LogP contribution in [0.15, 0.2) is 110 Å². The number of carbonyl (C=O) groups excluding carboxylic acids is 1. The summed E-state index contributed by atoms with van der Waals surface area (Å²) in [6.45, 7) is -0.284. The first kappa shape index (κ1) is 28.2. The Morgan fingerprint density at radius 3 is 2.67 bits per heavy atom. The first-order valence-corrected chi connectivity index (χ1v) is 14.2. The lowest BCUT2D eigenvalue weighted by Crippen LogP contribution is -2.20. The van der Waals surface area contributed by atoms with E-state index < -0.39 is 0 Å². The summed E-state index contributed by atoms with van der Waals surface area (Å²) >= 11 is 10.0. The number of fused-ring (bicyclic) bond motifs is 2. The fourth-order valence-electron chi connectivity index (χ4n) is 4.45. The van der Waals surface area contributed by atoms with Crippen LogP contribution in [0, 0.1) is 0 Å². The number of rotatable bonds is 8. The Morgan fingerprint density at radius 2 is 1.86 bits per heavy atom. The highest BCUT2D eigenvalue weighted by atomic mass is 79.9. The Morgan fingerprint density at radius 1 is 1.07 bits per heavy atom. The number of amides is 1. The number of para-hydroxylation sites is 2. The number of nitrogens with one attached hydrogen (secondary N) is 1. The molecule has 9 nitrogen and oxygen atoms in total. The zero-order valence-corrected chi connectivity index (χ0v) is 24.9. The fraction of sp³-hybridized carbons (Fsp3) is 0.0625. The third kappa shape index (κ3) is 6.01. The van der Waals surface area contributed by atoms with Gasteiger partial charge in [-0.2, -0.15) is 9.78 Å². The quantitative estimate of drug-likeness (QED) is 0.175. The first-order chi connectivity index (χ1) is 20.9. The number of aromatic nitrogens is 2. The van der Waals surface area contributed by atoms with Gasteiger partial charge >= 0.3 is 0 Å². The lowest BCUT2D eigenvalue weighted by atomic mass is 10.2. The van der Waals surface area contributed by atoms with Crippen molar-refractivity contribution in [2.24, 2.45) is 5.10 Å². The zero-order valence-electron chi connectivity index (χ0n) is 22.6. The van der Waals surface area contributed by atoms with Gasteiger partial charge in [0, 0.05) is 15.5 Å². The van der Waals surface area contributed by atoms with Crippen LogP contribution >= 0.6 is 27.5 Å². The summed E-state index contributed by atoms with van der Waals surface area (Å²) in [4.78, 5) is 30.7. The van der Waals surface area contributed by atoms with E-state index in [1.165, 1.54) is 18.0 Å². The van der Waals surface area contributed by atoms with E-state index in [2.05, 4.69) is 26.3 Å². The van der Waals surface area contributed by atoms with Gasteiger partial charge in [-0.3, -0.25) is 9.59 Å². The smallest absolute Gasteiger partial charge is 0.282 e. The van der Waals surface area contributed by atoms with Crippen LogP contribution in [0.3, 0.4) is 0 Å². The molecule has 0 aliphatic heterocycles. The molecule has 0 aliphatic carbocycles. The van der Waals surface area contributed by atoms with Gasteiger partial charge < -0.3 is 19.2 Å². The van der Waals surface area contributed by atoms with E-state index in [4.69, 9.17) is 30.5 Å². The summed E-state index contributed by atoms with van der Waals surface area (Å²) in [6, 6.07) is 26.7. The molecule has 0 radical (unpaired) electrons. The Balaban J connectivity index is 1.33. The number of ether oxygens (including phenoxy) is 2. The minimum absolute atomic E-state index is 0.195. The Bertz CT molecular complexity index is 2070. The number of furan rings is 1. The summed E-state index contributed by atoms with van der Waals surface area (Å²) < 4.78 is 19.3. The van der Waals surface area contributed by atoms with E-state index in [-0.39, 0.29) is 40.4 Å². The van der Waals surface area contributed by atoms with Crippen molar-refractivity contribution in [1.29, 1.82) is 0 Å². The normalized spacial score (nSPS) is 11.3. The summed E-state index contributed by atoms with van der Waals surface area (Å²) in [5.74, 6) is 0.733. The number of hydrogen-bond donors (Lipinski definition) is 1. The van der Waals surface area contributed by atoms with Crippen molar-refractivity contribution in [3.05, 3.63) is 116 Å². The van der Waals surface area contributed by atoms with E-state index in [1.807, 2.05) is 48.5 Å². The van der Waals surface area contributed by atoms with Gasteiger partial charge in [0.05, 0.1) is 29.2 Å². The lowest BCUT2D eigenvalue weighted by Gasteiger charge is -2.13. The molecule has 0 fully saturated rings. The Kier molecular flexibility index (Phi) is 7.95. The molecule has 11 heteroatoms. The number of benzene rings is 4. The maximum absolute atomic E-state index is 13.6. The standard InChI is InChI=1S/C32H22BrClN4O5/c1-41-27-14-19(13-24(34)30(27)42-18-29(39)36-22-7-3-2-4-8-22)17-35-38-31(37-25-10-6-5-9-23(25)32(38)40)28-16-20-15-21(33)11-12-26(20)43-28/h2-17H,18H2,1H3,(H,36,39). The average molecular weight is 658 g/mol. The number of carbonyl (C=O) groups is 1. The van der Waals surface area contributed by atoms with Gasteiger partial charge in [0.1, 0.15) is 5.58 Å². The SMILES string of the molecule is COc1cc(C=Nn2c(-c3cc4cc(Br)ccc4o3)nc3ccccc3c2=O)cc(Cl)c1OCC(=O)Nc1ccccc1. The number of halogens is 2. The van der Waals surface area contributed by atoms with Gasteiger partial charge in [0.15, 0.2) is 23.9 Å². The maximum atomic E-state index is 13.6. The van der Waals surface area contributed by atoms with Crippen molar-refractivity contribution < 1.29 is 18.7 Å². The van der Waals surface area contributed by atoms with Crippen LogP contribution in [-0.4, -0.2) is 35.5 Å². The molecule has 2 heterocycles. The molecule has 1 amide bonds. The number of anilines is 1. The molecule has 0 atom stereocenters. The summed E-state index contributed by atoms with van der Waals surface area (Å²) in [7, 11) is 1.46. The van der Waals surface area contributed by atoms with Gasteiger partial charge in [-0.1, -0.05) is 57.9 Å². The van der Waals surface area contributed by atoms with Crippen molar-refractivity contribution >= 4 is 67.2 Å². The highest BCUT2D eigenvalue weighted by Crippen LogP contribution is 2.36. The first-order valence-electron chi connectivity index (χ1n) is 13.0. The predicted molar refractivity (Wildman–Crippen MR) is 170 cm³/mol. The van der Waals surface area contributed by atoms with Crippen molar-refractivity contribution in [1.82, 2.24) is 9.66 Å². The zero-order chi connectivity index (χ0) is 29.9. The van der Waals surface area contributed by atoms with Crippen LogP contribution in [0.4, 0.5) is 5.69 Å². The molecule has 0 aliphatic rings. The number of hydrogen-bond acceptors (Lipinski definition) is 7. The van der Waals surface area contributed by atoms with Gasteiger partial charge in [0.25, 0.3) is 11.5 Å². The number of methoxy groups -OCH3 is 1. The average Bonchev–Trinajstić information content (AvgIpc) is 3.43. The van der Waals surface area contributed by atoms with Crippen molar-refractivity contribution in [3.8, 4) is 23.1 Å². The largest absolute Gasteiger partial charge is 0.493 e. The summed E-state index contributed by atoms with van der Waals surface area (Å²) in [5, 5.41) is 8.67. The molecule has 0 unspecified atom stereocenters. The van der Waals surface area contributed by atoms with E-state index in [0.29, 0.717) is 33.5 Å². The molecule has 1 N–H and O–H groups in total. The molecule has 6 aromatic rings. The van der Waals surface area contributed by atoms with E-state index >= 15 is 0 Å². The van der Waals surface area contributed by atoms with E-state index in [0.717, 1.165) is 9.86 Å². The monoisotopic (exact) mass is 656 g/mol. The second-order valence-electron chi connectivity index (χ2n) is 9.34. The molecule has 0 saturated heterocycles. The molecule has 6 rings (SSSR count). The van der Waals surface area contributed by atoms with Crippen LogP contribution in [0.2, 0.25) is 5.02 Å². The van der Waals surface area contributed by atoms with Crippen LogP contribution in [0.5, 0.6) is 11.5 Å². The molecule has 2 aromatic heterocycles. The third-order valence-electron chi connectivity index (χ3n) is 6.43. The second-order valence-corrected chi connectivity index (χ2v) is 10.7.